The fraction of sp³-hybridized carbons (Fsp3) is 0.500. The van der Waals surface area contributed by atoms with Gasteiger partial charge in [0.25, 0.3) is 0 Å². The molecule has 0 radical (unpaired) electrons. The lowest BCUT2D eigenvalue weighted by Crippen LogP contribution is -2.30. The molecule has 0 amide bonds. The summed E-state index contributed by atoms with van der Waals surface area (Å²) in [5, 5.41) is 7.36. The van der Waals surface area contributed by atoms with Gasteiger partial charge in [-0.1, -0.05) is 43.6 Å². The van der Waals surface area contributed by atoms with Crippen molar-refractivity contribution in [2.45, 2.75) is 45.6 Å². The Bertz CT molecular complexity index is 550. The molecule has 1 atom stereocenters. The Morgan fingerprint density at radius 2 is 2.10 bits per heavy atom. The summed E-state index contributed by atoms with van der Waals surface area (Å²) >= 11 is 0. The van der Waals surface area contributed by atoms with Gasteiger partial charge in [-0.2, -0.15) is 4.98 Å². The van der Waals surface area contributed by atoms with E-state index in [2.05, 4.69) is 29.3 Å². The highest BCUT2D eigenvalue weighted by Crippen LogP contribution is 2.12. The standard InChI is InChI=1S/C16H22FN3O/c1-3-7-13(18-4-2)11-16-19-15(20-21-16)10-12-8-5-6-9-14(12)17/h5-6,8-9,13,18H,3-4,7,10-11H2,1-2H3. The van der Waals surface area contributed by atoms with E-state index in [1.54, 1.807) is 12.1 Å². The number of hydrogen-bond donors (Lipinski definition) is 1. The van der Waals surface area contributed by atoms with E-state index < -0.39 is 0 Å². The maximum absolute atomic E-state index is 13.6. The molecule has 1 heterocycles. The minimum absolute atomic E-state index is 0.236. The third kappa shape index (κ3) is 4.63. The van der Waals surface area contributed by atoms with Crippen LogP contribution in [0.3, 0.4) is 0 Å². The van der Waals surface area contributed by atoms with Crippen LogP contribution in [0.25, 0.3) is 0 Å². The first-order chi connectivity index (χ1) is 10.2. The first-order valence-electron chi connectivity index (χ1n) is 7.51. The molecule has 1 N–H and O–H groups in total. The molecule has 114 valence electrons. The molecule has 0 aliphatic carbocycles. The summed E-state index contributed by atoms with van der Waals surface area (Å²) in [6, 6.07) is 7.01. The lowest BCUT2D eigenvalue weighted by atomic mass is 10.1. The van der Waals surface area contributed by atoms with Gasteiger partial charge in [0.1, 0.15) is 5.82 Å². The largest absolute Gasteiger partial charge is 0.339 e. The van der Waals surface area contributed by atoms with E-state index in [1.165, 1.54) is 6.07 Å². The molecule has 0 aliphatic rings. The lowest BCUT2D eigenvalue weighted by Gasteiger charge is -2.14. The van der Waals surface area contributed by atoms with Crippen LogP contribution in [0.5, 0.6) is 0 Å². The van der Waals surface area contributed by atoms with Gasteiger partial charge < -0.3 is 9.84 Å². The minimum atomic E-state index is -0.236. The molecule has 4 nitrogen and oxygen atoms in total. The smallest absolute Gasteiger partial charge is 0.228 e. The normalized spacial score (nSPS) is 12.5. The van der Waals surface area contributed by atoms with E-state index in [1.807, 2.05) is 6.07 Å². The van der Waals surface area contributed by atoms with Crippen molar-refractivity contribution >= 4 is 0 Å². The molecular formula is C16H22FN3O. The number of hydrogen-bond acceptors (Lipinski definition) is 4. The van der Waals surface area contributed by atoms with Gasteiger partial charge in [0.2, 0.25) is 5.89 Å². The average molecular weight is 291 g/mol. The monoisotopic (exact) mass is 291 g/mol. The molecule has 21 heavy (non-hydrogen) atoms. The molecule has 0 saturated carbocycles. The molecule has 0 spiro atoms. The van der Waals surface area contributed by atoms with Crippen LogP contribution in [-0.2, 0) is 12.8 Å². The van der Waals surface area contributed by atoms with Crippen LogP contribution < -0.4 is 5.32 Å². The Morgan fingerprint density at radius 1 is 1.29 bits per heavy atom. The van der Waals surface area contributed by atoms with Crippen molar-refractivity contribution in [2.24, 2.45) is 0 Å². The summed E-state index contributed by atoms with van der Waals surface area (Å²) in [5.74, 6) is 0.906. The number of aromatic nitrogens is 2. The van der Waals surface area contributed by atoms with Gasteiger partial charge in [0, 0.05) is 18.9 Å². The van der Waals surface area contributed by atoms with E-state index in [4.69, 9.17) is 4.52 Å². The topological polar surface area (TPSA) is 51.0 Å². The molecule has 1 aromatic heterocycles. The molecule has 2 aromatic rings. The molecule has 2 rings (SSSR count). The fourth-order valence-corrected chi connectivity index (χ4v) is 2.38. The quantitative estimate of drug-likeness (QED) is 0.812. The molecule has 0 saturated heterocycles. The Hall–Kier alpha value is -1.75. The number of likely N-dealkylation sites (N-methyl/N-ethyl adjacent to an activating group) is 1. The summed E-state index contributed by atoms with van der Waals surface area (Å²) in [4.78, 5) is 4.37. The predicted molar refractivity (Wildman–Crippen MR) is 79.6 cm³/mol. The highest BCUT2D eigenvalue weighted by atomic mass is 19.1. The van der Waals surface area contributed by atoms with Crippen LogP contribution in [0.2, 0.25) is 0 Å². The van der Waals surface area contributed by atoms with E-state index in [0.717, 1.165) is 19.4 Å². The molecule has 5 heteroatoms. The van der Waals surface area contributed by atoms with E-state index in [0.29, 0.717) is 36.2 Å². The predicted octanol–water partition coefficient (Wildman–Crippen LogP) is 3.12. The highest BCUT2D eigenvalue weighted by Gasteiger charge is 2.14. The number of rotatable bonds is 8. The van der Waals surface area contributed by atoms with Gasteiger partial charge in [0.05, 0.1) is 0 Å². The Labute approximate surface area is 124 Å². The Kier molecular flexibility index (Phi) is 5.87. The van der Waals surface area contributed by atoms with E-state index >= 15 is 0 Å². The maximum Gasteiger partial charge on any atom is 0.228 e. The Balaban J connectivity index is 1.99. The first-order valence-corrected chi connectivity index (χ1v) is 7.51. The van der Waals surface area contributed by atoms with Crippen LogP contribution in [0.15, 0.2) is 28.8 Å². The van der Waals surface area contributed by atoms with Crippen LogP contribution in [-0.4, -0.2) is 22.7 Å². The van der Waals surface area contributed by atoms with Gasteiger partial charge in [-0.3, -0.25) is 0 Å². The number of halogens is 1. The summed E-state index contributed by atoms with van der Waals surface area (Å²) in [6.07, 6.45) is 3.24. The van der Waals surface area contributed by atoms with Gasteiger partial charge in [-0.15, -0.1) is 0 Å². The summed E-state index contributed by atoms with van der Waals surface area (Å²) < 4.78 is 18.9. The zero-order chi connectivity index (χ0) is 15.1. The summed E-state index contributed by atoms with van der Waals surface area (Å²) in [7, 11) is 0. The van der Waals surface area contributed by atoms with Crippen molar-refractivity contribution in [3.05, 3.63) is 47.4 Å². The number of nitrogens with zero attached hydrogens (tertiary/aromatic N) is 2. The molecule has 0 aliphatic heterocycles. The van der Waals surface area contributed by atoms with Crippen molar-refractivity contribution in [2.75, 3.05) is 6.54 Å². The average Bonchev–Trinajstić information content (AvgIpc) is 2.89. The van der Waals surface area contributed by atoms with E-state index in [9.17, 15) is 4.39 Å². The van der Waals surface area contributed by atoms with Crippen LogP contribution in [0.1, 0.15) is 44.0 Å². The van der Waals surface area contributed by atoms with Gasteiger partial charge in [-0.05, 0) is 24.6 Å². The SMILES string of the molecule is CCCC(Cc1nc(Cc2ccccc2F)no1)NCC. The second-order valence-corrected chi connectivity index (χ2v) is 5.12. The van der Waals surface area contributed by atoms with E-state index in [-0.39, 0.29) is 5.82 Å². The van der Waals surface area contributed by atoms with Crippen molar-refractivity contribution in [3.8, 4) is 0 Å². The zero-order valence-corrected chi connectivity index (χ0v) is 12.6. The summed E-state index contributed by atoms with van der Waals surface area (Å²) in [5.41, 5.74) is 0.585. The Morgan fingerprint density at radius 3 is 2.81 bits per heavy atom. The van der Waals surface area contributed by atoms with Gasteiger partial charge in [-0.25, -0.2) is 4.39 Å². The van der Waals surface area contributed by atoms with Gasteiger partial charge >= 0.3 is 0 Å². The minimum Gasteiger partial charge on any atom is -0.339 e. The van der Waals surface area contributed by atoms with Crippen LogP contribution in [0, 0.1) is 5.82 Å². The molecular weight excluding hydrogens is 269 g/mol. The first kappa shape index (κ1) is 15.6. The fourth-order valence-electron chi connectivity index (χ4n) is 2.38. The second kappa shape index (κ2) is 7.88. The molecule has 1 unspecified atom stereocenters. The summed E-state index contributed by atoms with van der Waals surface area (Å²) in [6.45, 7) is 5.16. The lowest BCUT2D eigenvalue weighted by molar-refractivity contribution is 0.349. The van der Waals surface area contributed by atoms with Crippen molar-refractivity contribution < 1.29 is 8.91 Å². The molecule has 0 fully saturated rings. The zero-order valence-electron chi connectivity index (χ0n) is 12.6. The second-order valence-electron chi connectivity index (χ2n) is 5.12. The third-order valence-corrected chi connectivity index (χ3v) is 3.37. The van der Waals surface area contributed by atoms with Gasteiger partial charge in [0.15, 0.2) is 5.82 Å². The highest BCUT2D eigenvalue weighted by molar-refractivity contribution is 5.20. The molecule has 1 aromatic carbocycles. The van der Waals surface area contributed by atoms with Crippen LogP contribution >= 0.6 is 0 Å². The number of nitrogens with one attached hydrogen (secondary N) is 1. The van der Waals surface area contributed by atoms with Crippen molar-refractivity contribution in [1.82, 2.24) is 15.5 Å². The number of benzene rings is 1. The van der Waals surface area contributed by atoms with Crippen LogP contribution in [0.4, 0.5) is 4.39 Å². The van der Waals surface area contributed by atoms with Crippen molar-refractivity contribution in [3.63, 3.8) is 0 Å². The maximum atomic E-state index is 13.6. The molecule has 0 bridgehead atoms. The third-order valence-electron chi connectivity index (χ3n) is 3.37. The van der Waals surface area contributed by atoms with Crippen molar-refractivity contribution in [1.29, 1.82) is 0 Å².